The summed E-state index contributed by atoms with van der Waals surface area (Å²) in [5.41, 5.74) is 0. The van der Waals surface area contributed by atoms with Gasteiger partial charge < -0.3 is 14.1 Å². The van der Waals surface area contributed by atoms with Gasteiger partial charge in [0.15, 0.2) is 0 Å². The van der Waals surface area contributed by atoms with Crippen LogP contribution in [0.5, 0.6) is 5.75 Å². The number of aryl methyl sites for hydroxylation is 1. The molecule has 1 N–H and O–H groups in total. The largest absolute Gasteiger partial charge is 0.489 e. The highest BCUT2D eigenvalue weighted by atomic mass is 35.5. The molecule has 0 spiro atoms. The number of urea groups is 1. The van der Waals surface area contributed by atoms with Gasteiger partial charge in [0.1, 0.15) is 17.6 Å². The number of aromatic nitrogens is 1. The van der Waals surface area contributed by atoms with Gasteiger partial charge in [0.25, 0.3) is 0 Å². The highest BCUT2D eigenvalue weighted by molar-refractivity contribution is 6.30. The summed E-state index contributed by atoms with van der Waals surface area (Å²) in [5.74, 6) is 1.40. The second kappa shape index (κ2) is 6.27. The zero-order valence-corrected chi connectivity index (χ0v) is 12.8. The number of halogens is 1. The van der Waals surface area contributed by atoms with Crippen LogP contribution in [0.1, 0.15) is 12.2 Å². The number of carbonyl (C=O) groups is 1. The number of anilines is 1. The van der Waals surface area contributed by atoms with Gasteiger partial charge in [-0.25, -0.2) is 9.78 Å². The number of nitrogens with zero attached hydrogens (tertiary/aromatic N) is 2. The molecule has 0 bridgehead atoms. The first kappa shape index (κ1) is 14.7. The summed E-state index contributed by atoms with van der Waals surface area (Å²) in [5, 5.41) is 3.30. The minimum absolute atomic E-state index is 0.0294. The third-order valence-electron chi connectivity index (χ3n) is 3.38. The average Bonchev–Trinajstić information content (AvgIpc) is 3.11. The molecular weight excluding hydrogens is 306 g/mol. The van der Waals surface area contributed by atoms with E-state index in [1.165, 1.54) is 0 Å². The molecule has 0 aliphatic carbocycles. The first-order valence-corrected chi connectivity index (χ1v) is 7.38. The van der Waals surface area contributed by atoms with Crippen molar-refractivity contribution in [1.82, 2.24) is 9.88 Å². The Bertz CT molecular complexity index is 656. The van der Waals surface area contributed by atoms with E-state index in [0.29, 0.717) is 23.9 Å². The number of carbonyl (C=O) groups excluding carboxylic acids is 1. The van der Waals surface area contributed by atoms with E-state index < -0.39 is 0 Å². The smallest absolute Gasteiger partial charge is 0.325 e. The van der Waals surface area contributed by atoms with E-state index in [0.717, 1.165) is 12.2 Å². The summed E-state index contributed by atoms with van der Waals surface area (Å²) < 4.78 is 11.1. The fourth-order valence-electron chi connectivity index (χ4n) is 2.30. The van der Waals surface area contributed by atoms with Crippen LogP contribution >= 0.6 is 11.6 Å². The Labute approximate surface area is 133 Å². The molecule has 1 atom stereocenters. The lowest BCUT2D eigenvalue weighted by Gasteiger charge is -2.17. The SMILES string of the molecule is Cc1cnc(NC(=O)N2CCC(Oc3ccc(Cl)cc3)C2)o1. The Hall–Kier alpha value is -2.21. The lowest BCUT2D eigenvalue weighted by molar-refractivity contribution is 0.194. The van der Waals surface area contributed by atoms with Crippen molar-refractivity contribution >= 4 is 23.6 Å². The van der Waals surface area contributed by atoms with Crippen LogP contribution in [-0.4, -0.2) is 35.1 Å². The van der Waals surface area contributed by atoms with Crippen LogP contribution in [0.25, 0.3) is 0 Å². The number of ether oxygens (including phenoxy) is 1. The molecule has 1 aromatic carbocycles. The van der Waals surface area contributed by atoms with Crippen molar-refractivity contribution in [1.29, 1.82) is 0 Å². The van der Waals surface area contributed by atoms with E-state index in [1.807, 2.05) is 12.1 Å². The molecule has 2 amide bonds. The maximum atomic E-state index is 12.1. The van der Waals surface area contributed by atoms with Crippen LogP contribution in [0.3, 0.4) is 0 Å². The van der Waals surface area contributed by atoms with Gasteiger partial charge in [-0.2, -0.15) is 0 Å². The number of rotatable bonds is 3. The van der Waals surface area contributed by atoms with Crippen LogP contribution in [0.15, 0.2) is 34.9 Å². The Morgan fingerprint density at radius 2 is 2.23 bits per heavy atom. The highest BCUT2D eigenvalue weighted by Crippen LogP contribution is 2.21. The third-order valence-corrected chi connectivity index (χ3v) is 3.64. The predicted octanol–water partition coefficient (Wildman–Crippen LogP) is 3.32. The predicted molar refractivity (Wildman–Crippen MR) is 82.3 cm³/mol. The monoisotopic (exact) mass is 321 g/mol. The lowest BCUT2D eigenvalue weighted by Crippen LogP contribution is -2.34. The Morgan fingerprint density at radius 1 is 1.45 bits per heavy atom. The standard InChI is InChI=1S/C15H16ClN3O3/c1-10-8-17-14(21-10)18-15(20)19-7-6-13(9-19)22-12-4-2-11(16)3-5-12/h2-5,8,13H,6-7,9H2,1H3,(H,17,18,20). The molecule has 6 nitrogen and oxygen atoms in total. The second-order valence-corrected chi connectivity index (χ2v) is 5.57. The average molecular weight is 322 g/mol. The third kappa shape index (κ3) is 3.51. The summed E-state index contributed by atoms with van der Waals surface area (Å²) in [7, 11) is 0. The molecule has 1 saturated heterocycles. The molecule has 1 aliphatic rings. The molecule has 1 aliphatic heterocycles. The summed E-state index contributed by atoms with van der Waals surface area (Å²) in [4.78, 5) is 17.7. The van der Waals surface area contributed by atoms with Gasteiger partial charge in [0, 0.05) is 18.0 Å². The number of likely N-dealkylation sites (tertiary alicyclic amines) is 1. The number of hydrogen-bond donors (Lipinski definition) is 1. The van der Waals surface area contributed by atoms with Gasteiger partial charge in [0.05, 0.1) is 12.7 Å². The number of amides is 2. The van der Waals surface area contributed by atoms with Crippen molar-refractivity contribution in [3.05, 3.63) is 41.2 Å². The molecule has 116 valence electrons. The summed E-state index contributed by atoms with van der Waals surface area (Å²) in [6, 6.07) is 7.18. The van der Waals surface area contributed by atoms with Crippen molar-refractivity contribution in [2.24, 2.45) is 0 Å². The molecule has 1 fully saturated rings. The van der Waals surface area contributed by atoms with E-state index in [4.69, 9.17) is 20.8 Å². The van der Waals surface area contributed by atoms with Gasteiger partial charge in [-0.1, -0.05) is 11.6 Å². The normalized spacial score (nSPS) is 17.5. The van der Waals surface area contributed by atoms with Crippen LogP contribution in [-0.2, 0) is 0 Å². The number of hydrogen-bond acceptors (Lipinski definition) is 4. The molecule has 7 heteroatoms. The molecule has 22 heavy (non-hydrogen) atoms. The number of benzene rings is 1. The summed E-state index contributed by atoms with van der Waals surface area (Å²) in [6.07, 6.45) is 2.31. The van der Waals surface area contributed by atoms with Gasteiger partial charge >= 0.3 is 12.0 Å². The summed E-state index contributed by atoms with van der Waals surface area (Å²) in [6.45, 7) is 2.92. The first-order valence-electron chi connectivity index (χ1n) is 7.01. The number of oxazole rings is 1. The molecule has 0 radical (unpaired) electrons. The maximum absolute atomic E-state index is 12.1. The van der Waals surface area contributed by atoms with Crippen LogP contribution < -0.4 is 10.1 Å². The molecule has 2 aromatic rings. The Kier molecular flexibility index (Phi) is 4.20. The quantitative estimate of drug-likeness (QED) is 0.941. The van der Waals surface area contributed by atoms with Crippen molar-refractivity contribution in [3.8, 4) is 5.75 Å². The van der Waals surface area contributed by atoms with E-state index >= 15 is 0 Å². The van der Waals surface area contributed by atoms with E-state index in [2.05, 4.69) is 10.3 Å². The Balaban J connectivity index is 1.53. The fraction of sp³-hybridized carbons (Fsp3) is 0.333. The van der Waals surface area contributed by atoms with E-state index in [-0.39, 0.29) is 18.1 Å². The topological polar surface area (TPSA) is 67.6 Å². The first-order chi connectivity index (χ1) is 10.6. The molecule has 2 heterocycles. The van der Waals surface area contributed by atoms with E-state index in [1.54, 1.807) is 30.2 Å². The molecule has 0 saturated carbocycles. The van der Waals surface area contributed by atoms with Crippen LogP contribution in [0.2, 0.25) is 5.02 Å². The maximum Gasteiger partial charge on any atom is 0.325 e. The fourth-order valence-corrected chi connectivity index (χ4v) is 2.42. The van der Waals surface area contributed by atoms with Crippen LogP contribution in [0.4, 0.5) is 10.8 Å². The zero-order chi connectivity index (χ0) is 15.5. The van der Waals surface area contributed by atoms with Gasteiger partial charge in [-0.15, -0.1) is 0 Å². The lowest BCUT2D eigenvalue weighted by atomic mass is 10.3. The molecule has 1 aromatic heterocycles. The Morgan fingerprint density at radius 3 is 2.91 bits per heavy atom. The minimum Gasteiger partial charge on any atom is -0.489 e. The van der Waals surface area contributed by atoms with Crippen molar-refractivity contribution in [2.45, 2.75) is 19.4 Å². The summed E-state index contributed by atoms with van der Waals surface area (Å²) >= 11 is 5.84. The molecular formula is C15H16ClN3O3. The highest BCUT2D eigenvalue weighted by Gasteiger charge is 2.28. The van der Waals surface area contributed by atoms with Crippen molar-refractivity contribution in [3.63, 3.8) is 0 Å². The van der Waals surface area contributed by atoms with Crippen LogP contribution in [0, 0.1) is 6.92 Å². The second-order valence-electron chi connectivity index (χ2n) is 5.13. The minimum atomic E-state index is -0.232. The van der Waals surface area contributed by atoms with Crippen molar-refractivity contribution < 1.29 is 13.9 Å². The molecule has 3 rings (SSSR count). The van der Waals surface area contributed by atoms with Crippen molar-refractivity contribution in [2.75, 3.05) is 18.4 Å². The van der Waals surface area contributed by atoms with E-state index in [9.17, 15) is 4.79 Å². The number of nitrogens with one attached hydrogen (secondary N) is 1. The zero-order valence-electron chi connectivity index (χ0n) is 12.1. The van der Waals surface area contributed by atoms with Gasteiger partial charge in [0.2, 0.25) is 0 Å². The van der Waals surface area contributed by atoms with Gasteiger partial charge in [-0.05, 0) is 31.2 Å². The molecule has 1 unspecified atom stereocenters. The van der Waals surface area contributed by atoms with Gasteiger partial charge in [-0.3, -0.25) is 5.32 Å².